The number of aliphatic hydroxyl groups is 1. The maximum absolute atomic E-state index is 13.1. The van der Waals surface area contributed by atoms with Crippen LogP contribution in [0.15, 0.2) is 48.5 Å². The van der Waals surface area contributed by atoms with E-state index in [1.165, 1.54) is 17.7 Å². The summed E-state index contributed by atoms with van der Waals surface area (Å²) in [6, 6.07) is 15.2. The Bertz CT molecular complexity index is 675. The fraction of sp³-hybridized carbons (Fsp3) is 0.429. The molecule has 1 aliphatic rings. The van der Waals surface area contributed by atoms with E-state index in [2.05, 4.69) is 21.9 Å². The molecule has 0 spiro atoms. The summed E-state index contributed by atoms with van der Waals surface area (Å²) in [4.78, 5) is 4.83. The fourth-order valence-electron chi connectivity index (χ4n) is 3.55. The smallest absolute Gasteiger partial charge is 0.123 e. The Morgan fingerprint density at radius 2 is 1.65 bits per heavy atom. The van der Waals surface area contributed by atoms with Crippen LogP contribution in [0.5, 0.6) is 5.75 Å². The molecular formula is C21H27FN2O2. The maximum Gasteiger partial charge on any atom is 0.123 e. The van der Waals surface area contributed by atoms with Gasteiger partial charge in [0.2, 0.25) is 0 Å². The van der Waals surface area contributed by atoms with Gasteiger partial charge in [-0.1, -0.05) is 24.3 Å². The summed E-state index contributed by atoms with van der Waals surface area (Å²) >= 11 is 0. The lowest BCUT2D eigenvalue weighted by molar-refractivity contribution is 0.0499. The lowest BCUT2D eigenvalue weighted by atomic mass is 10.1. The predicted octanol–water partition coefficient (Wildman–Crippen LogP) is 2.90. The van der Waals surface area contributed by atoms with Crippen LogP contribution in [0.25, 0.3) is 0 Å². The number of nitrogens with zero attached hydrogens (tertiary/aromatic N) is 2. The first-order chi connectivity index (χ1) is 12.7. The second kappa shape index (κ2) is 9.12. The quantitative estimate of drug-likeness (QED) is 0.826. The second-order valence-electron chi connectivity index (χ2n) is 6.85. The van der Waals surface area contributed by atoms with Gasteiger partial charge < -0.3 is 9.84 Å². The van der Waals surface area contributed by atoms with Crippen molar-refractivity contribution in [3.63, 3.8) is 0 Å². The first-order valence-electron chi connectivity index (χ1n) is 9.12. The average molecular weight is 358 g/mol. The van der Waals surface area contributed by atoms with Gasteiger partial charge in [0.1, 0.15) is 11.6 Å². The van der Waals surface area contributed by atoms with E-state index in [0.717, 1.165) is 50.5 Å². The predicted molar refractivity (Wildman–Crippen MR) is 101 cm³/mol. The maximum atomic E-state index is 13.1. The molecule has 1 N–H and O–H groups in total. The van der Waals surface area contributed by atoms with Crippen molar-refractivity contribution in [3.8, 4) is 5.75 Å². The molecule has 4 nitrogen and oxygen atoms in total. The zero-order valence-electron chi connectivity index (χ0n) is 15.3. The molecule has 1 aliphatic heterocycles. The molecule has 26 heavy (non-hydrogen) atoms. The molecule has 5 heteroatoms. The lowest BCUT2D eigenvalue weighted by Crippen LogP contribution is -2.52. The van der Waals surface area contributed by atoms with E-state index in [1.54, 1.807) is 7.11 Å². The second-order valence-corrected chi connectivity index (χ2v) is 6.85. The third kappa shape index (κ3) is 5.04. The van der Waals surface area contributed by atoms with Gasteiger partial charge >= 0.3 is 0 Å². The van der Waals surface area contributed by atoms with Crippen molar-refractivity contribution in [2.75, 3.05) is 33.4 Å². The van der Waals surface area contributed by atoms with E-state index in [4.69, 9.17) is 4.74 Å². The Morgan fingerprint density at radius 1 is 1.00 bits per heavy atom. The molecule has 0 aromatic heterocycles. The summed E-state index contributed by atoms with van der Waals surface area (Å²) < 4.78 is 18.3. The first-order valence-corrected chi connectivity index (χ1v) is 9.12. The van der Waals surface area contributed by atoms with Crippen LogP contribution in [0.1, 0.15) is 17.5 Å². The van der Waals surface area contributed by atoms with E-state index < -0.39 is 0 Å². The fourth-order valence-corrected chi connectivity index (χ4v) is 3.55. The third-order valence-electron chi connectivity index (χ3n) is 5.02. The third-order valence-corrected chi connectivity index (χ3v) is 5.02. The average Bonchev–Trinajstić information content (AvgIpc) is 2.66. The standard InChI is InChI=1S/C21H27FN2O2/c1-26-21-8-4-17(5-9-21)14-23-11-12-24(20(16-23)10-13-25)15-18-2-6-19(22)7-3-18/h2-9,20,25H,10-16H2,1H3/t20-/m0/s1. The molecule has 0 radical (unpaired) electrons. The van der Waals surface area contributed by atoms with E-state index in [-0.39, 0.29) is 12.4 Å². The topological polar surface area (TPSA) is 35.9 Å². The number of piperazine rings is 1. The van der Waals surface area contributed by atoms with Crippen molar-refractivity contribution in [3.05, 3.63) is 65.5 Å². The van der Waals surface area contributed by atoms with Crippen LogP contribution < -0.4 is 4.74 Å². The highest BCUT2D eigenvalue weighted by molar-refractivity contribution is 5.27. The van der Waals surface area contributed by atoms with Gasteiger partial charge in [0.25, 0.3) is 0 Å². The van der Waals surface area contributed by atoms with Crippen molar-refractivity contribution in [2.45, 2.75) is 25.6 Å². The van der Waals surface area contributed by atoms with Crippen LogP contribution in [-0.4, -0.2) is 54.3 Å². The molecule has 1 heterocycles. The molecule has 1 atom stereocenters. The van der Waals surface area contributed by atoms with Crippen molar-refractivity contribution in [1.29, 1.82) is 0 Å². The number of ether oxygens (including phenoxy) is 1. The van der Waals surface area contributed by atoms with Crippen LogP contribution in [0.3, 0.4) is 0 Å². The number of hydrogen-bond donors (Lipinski definition) is 1. The molecule has 0 bridgehead atoms. The van der Waals surface area contributed by atoms with Crippen molar-refractivity contribution in [1.82, 2.24) is 9.80 Å². The highest BCUT2D eigenvalue weighted by Gasteiger charge is 2.26. The SMILES string of the molecule is COc1ccc(CN2CCN(Cc3ccc(F)cc3)[C@@H](CCO)C2)cc1. The van der Waals surface area contributed by atoms with Crippen LogP contribution in [0.2, 0.25) is 0 Å². The van der Waals surface area contributed by atoms with Gasteiger partial charge in [0.15, 0.2) is 0 Å². The molecule has 0 saturated carbocycles. The molecule has 2 aromatic carbocycles. The van der Waals surface area contributed by atoms with E-state index in [1.807, 2.05) is 24.3 Å². The molecule has 3 rings (SSSR count). The Hall–Kier alpha value is -1.95. The van der Waals surface area contributed by atoms with Gasteiger partial charge in [-0.2, -0.15) is 0 Å². The molecule has 1 saturated heterocycles. The van der Waals surface area contributed by atoms with Crippen LogP contribution >= 0.6 is 0 Å². The molecule has 0 aliphatic carbocycles. The van der Waals surface area contributed by atoms with Crippen LogP contribution in [0, 0.1) is 5.82 Å². The van der Waals surface area contributed by atoms with Gasteiger partial charge in [-0.05, 0) is 41.8 Å². The summed E-state index contributed by atoms with van der Waals surface area (Å²) in [6.45, 7) is 4.72. The number of hydrogen-bond acceptors (Lipinski definition) is 4. The monoisotopic (exact) mass is 358 g/mol. The summed E-state index contributed by atoms with van der Waals surface area (Å²) in [5.74, 6) is 0.668. The normalized spacial score (nSPS) is 18.8. The van der Waals surface area contributed by atoms with Crippen molar-refractivity contribution < 1.29 is 14.2 Å². The Balaban J connectivity index is 1.60. The summed E-state index contributed by atoms with van der Waals surface area (Å²) in [5.41, 5.74) is 2.37. The number of benzene rings is 2. The van der Waals surface area contributed by atoms with Crippen LogP contribution in [-0.2, 0) is 13.1 Å². The van der Waals surface area contributed by atoms with E-state index >= 15 is 0 Å². The zero-order valence-corrected chi connectivity index (χ0v) is 15.3. The van der Waals surface area contributed by atoms with Gasteiger partial charge in [-0.25, -0.2) is 4.39 Å². The minimum Gasteiger partial charge on any atom is -0.497 e. The van der Waals surface area contributed by atoms with E-state index in [0.29, 0.717) is 6.04 Å². The number of methoxy groups -OCH3 is 1. The van der Waals surface area contributed by atoms with Crippen molar-refractivity contribution >= 4 is 0 Å². The van der Waals surface area contributed by atoms with Crippen molar-refractivity contribution in [2.24, 2.45) is 0 Å². The van der Waals surface area contributed by atoms with Gasteiger partial charge in [-0.3, -0.25) is 9.80 Å². The van der Waals surface area contributed by atoms with Gasteiger partial charge in [0, 0.05) is 45.4 Å². The van der Waals surface area contributed by atoms with Gasteiger partial charge in [-0.15, -0.1) is 0 Å². The Kier molecular flexibility index (Phi) is 6.61. The minimum atomic E-state index is -0.204. The number of aliphatic hydroxyl groups excluding tert-OH is 1. The molecule has 1 fully saturated rings. The molecule has 2 aromatic rings. The summed E-state index contributed by atoms with van der Waals surface area (Å²) in [7, 11) is 1.68. The van der Waals surface area contributed by atoms with E-state index in [9.17, 15) is 9.50 Å². The Labute approximate surface area is 154 Å². The summed E-state index contributed by atoms with van der Waals surface area (Å²) in [6.07, 6.45) is 0.750. The highest BCUT2D eigenvalue weighted by atomic mass is 19.1. The Morgan fingerprint density at radius 3 is 2.31 bits per heavy atom. The zero-order chi connectivity index (χ0) is 18.4. The summed E-state index contributed by atoms with van der Waals surface area (Å²) in [5, 5.41) is 9.46. The van der Waals surface area contributed by atoms with Crippen LogP contribution in [0.4, 0.5) is 4.39 Å². The number of halogens is 1. The van der Waals surface area contributed by atoms with Gasteiger partial charge in [0.05, 0.1) is 7.11 Å². The first kappa shape index (κ1) is 18.8. The molecule has 140 valence electrons. The molecular weight excluding hydrogens is 331 g/mol. The molecule has 0 amide bonds. The highest BCUT2D eigenvalue weighted by Crippen LogP contribution is 2.19. The minimum absolute atomic E-state index is 0.182. The molecule has 0 unspecified atom stereocenters. The lowest BCUT2D eigenvalue weighted by Gasteiger charge is -2.41. The largest absolute Gasteiger partial charge is 0.497 e. The number of rotatable bonds is 7.